The van der Waals surface area contributed by atoms with Crippen molar-refractivity contribution in [2.24, 2.45) is 11.8 Å². The molecule has 35 heavy (non-hydrogen) atoms. The second kappa shape index (κ2) is 10.3. The molecule has 3 fully saturated rings. The third-order valence-electron chi connectivity index (χ3n) is 6.81. The van der Waals surface area contributed by atoms with Crippen molar-refractivity contribution in [3.63, 3.8) is 0 Å². The van der Waals surface area contributed by atoms with E-state index < -0.39 is 85.8 Å². The van der Waals surface area contributed by atoms with E-state index in [9.17, 15) is 30.3 Å². The molecule has 11 nitrogen and oxygen atoms in total. The van der Waals surface area contributed by atoms with E-state index in [4.69, 9.17) is 23.7 Å². The van der Waals surface area contributed by atoms with Gasteiger partial charge in [0.05, 0.1) is 25.4 Å². The van der Waals surface area contributed by atoms with Gasteiger partial charge in [0.25, 0.3) is 0 Å². The number of allylic oxidation sites excluding steroid dienone is 5. The summed E-state index contributed by atoms with van der Waals surface area (Å²) in [5.41, 5.74) is -0.453. The molecule has 11 atom stereocenters. The Bertz CT molecular complexity index is 911. The van der Waals surface area contributed by atoms with Gasteiger partial charge in [0.2, 0.25) is 6.29 Å². The maximum absolute atomic E-state index is 12.5. The number of aliphatic hydroxyl groups excluding tert-OH is 5. The summed E-state index contributed by atoms with van der Waals surface area (Å²) in [4.78, 5) is 12.5. The molecule has 2 saturated heterocycles. The van der Waals surface area contributed by atoms with Crippen LogP contribution in [0.15, 0.2) is 61.4 Å². The number of esters is 1. The van der Waals surface area contributed by atoms with Crippen LogP contribution in [0.1, 0.15) is 0 Å². The first-order valence-corrected chi connectivity index (χ1v) is 11.2. The second-order valence-electron chi connectivity index (χ2n) is 8.76. The van der Waals surface area contributed by atoms with Crippen LogP contribution in [0.25, 0.3) is 0 Å². The van der Waals surface area contributed by atoms with Gasteiger partial charge in [-0.05, 0) is 17.7 Å². The molecule has 4 rings (SSSR count). The van der Waals surface area contributed by atoms with Crippen LogP contribution < -0.4 is 0 Å². The Labute approximate surface area is 201 Å². The van der Waals surface area contributed by atoms with Gasteiger partial charge >= 0.3 is 5.97 Å². The third kappa shape index (κ3) is 4.61. The van der Waals surface area contributed by atoms with Crippen LogP contribution in [0.3, 0.4) is 0 Å². The largest absolute Gasteiger partial charge is 0.472 e. The standard InChI is InChI=1S/C24H30O11/c1-3-5-12(4-2)6-7-15(27)33-20-13-8-9-31-22(16(13)24(11-26)21(20)35-24)34-23-19(30)18(29)17(28)14(10-25)32-23/h3-9,13-14,16-23,25-26,28-30H,1-2,10-11H2/b7-6-,12-5+/t13-,14-,16+,17-,18-,19-,20+,21-,22-,23+,24+/m1/s1. The summed E-state index contributed by atoms with van der Waals surface area (Å²) >= 11 is 0. The Kier molecular flexibility index (Phi) is 7.60. The summed E-state index contributed by atoms with van der Waals surface area (Å²) in [6, 6.07) is 0. The van der Waals surface area contributed by atoms with Crippen molar-refractivity contribution in [3.8, 4) is 0 Å². The molecule has 3 heterocycles. The van der Waals surface area contributed by atoms with Crippen LogP contribution in [0, 0.1) is 11.8 Å². The van der Waals surface area contributed by atoms with Gasteiger partial charge in [0, 0.05) is 12.0 Å². The molecule has 1 aliphatic carbocycles. The van der Waals surface area contributed by atoms with E-state index in [0.717, 1.165) is 0 Å². The maximum Gasteiger partial charge on any atom is 0.331 e. The van der Waals surface area contributed by atoms with Crippen molar-refractivity contribution in [3.05, 3.63) is 61.4 Å². The molecule has 192 valence electrons. The lowest BCUT2D eigenvalue weighted by Crippen LogP contribution is -2.60. The second-order valence-corrected chi connectivity index (χ2v) is 8.76. The summed E-state index contributed by atoms with van der Waals surface area (Å²) in [6.07, 6.45) is 0.697. The van der Waals surface area contributed by atoms with Crippen molar-refractivity contribution in [1.82, 2.24) is 0 Å². The first kappa shape index (κ1) is 25.7. The van der Waals surface area contributed by atoms with Crippen molar-refractivity contribution in [2.75, 3.05) is 13.2 Å². The van der Waals surface area contributed by atoms with E-state index >= 15 is 0 Å². The highest BCUT2D eigenvalue weighted by Crippen LogP contribution is 2.60. The Balaban J connectivity index is 1.49. The summed E-state index contributed by atoms with van der Waals surface area (Å²) in [7, 11) is 0. The van der Waals surface area contributed by atoms with Crippen LogP contribution in [0.5, 0.6) is 0 Å². The normalized spacial score (nSPS) is 44.3. The minimum atomic E-state index is -1.63. The number of rotatable bonds is 9. The van der Waals surface area contributed by atoms with E-state index in [0.29, 0.717) is 5.57 Å². The number of ether oxygens (including phenoxy) is 5. The smallest absolute Gasteiger partial charge is 0.331 e. The lowest BCUT2D eigenvalue weighted by molar-refractivity contribution is -0.344. The number of carbonyl (C=O) groups excluding carboxylic acids is 1. The van der Waals surface area contributed by atoms with Gasteiger partial charge < -0.3 is 49.2 Å². The lowest BCUT2D eigenvalue weighted by atomic mass is 9.85. The zero-order valence-corrected chi connectivity index (χ0v) is 18.8. The Hall–Kier alpha value is -2.35. The third-order valence-corrected chi connectivity index (χ3v) is 6.81. The molecular weight excluding hydrogens is 464 g/mol. The molecule has 0 aromatic carbocycles. The Morgan fingerprint density at radius 2 is 1.86 bits per heavy atom. The SMILES string of the molecule is C=C/C=C(C=C)/C=C\C(=O)O[C@H]1[C@@H]2C=CO[C@H](O[C@@H]3O[C@H](CO)[C@@H](O)[C@@H](O)[C@H]3O)[C@H]2[C@]2(CO)O[C@H]12. The van der Waals surface area contributed by atoms with E-state index in [1.807, 2.05) is 0 Å². The number of hydrogen-bond acceptors (Lipinski definition) is 11. The number of fused-ring (bicyclic) bond motifs is 3. The van der Waals surface area contributed by atoms with Crippen LogP contribution in [-0.4, -0.2) is 99.5 Å². The van der Waals surface area contributed by atoms with E-state index in [-0.39, 0.29) is 0 Å². The molecule has 3 aliphatic heterocycles. The highest BCUT2D eigenvalue weighted by Gasteiger charge is 2.77. The zero-order chi connectivity index (χ0) is 25.3. The average Bonchev–Trinajstić information content (AvgIpc) is 3.54. The van der Waals surface area contributed by atoms with Gasteiger partial charge in [-0.3, -0.25) is 0 Å². The van der Waals surface area contributed by atoms with Crippen LogP contribution in [-0.2, 0) is 28.5 Å². The predicted octanol–water partition coefficient (Wildman–Crippen LogP) is -1.18. The summed E-state index contributed by atoms with van der Waals surface area (Å²) in [5.74, 6) is -1.73. The highest BCUT2D eigenvalue weighted by atomic mass is 16.8. The monoisotopic (exact) mass is 494 g/mol. The molecule has 0 aromatic heterocycles. The molecule has 0 unspecified atom stereocenters. The highest BCUT2D eigenvalue weighted by molar-refractivity contribution is 5.83. The molecule has 0 spiro atoms. The Morgan fingerprint density at radius 3 is 2.51 bits per heavy atom. The van der Waals surface area contributed by atoms with Crippen molar-refractivity contribution < 1.29 is 54.0 Å². The quantitative estimate of drug-likeness (QED) is 0.113. The predicted molar refractivity (Wildman–Crippen MR) is 118 cm³/mol. The topological polar surface area (TPSA) is 168 Å². The molecule has 11 heteroatoms. The number of carbonyl (C=O) groups is 1. The number of hydrogen-bond donors (Lipinski definition) is 5. The first-order valence-electron chi connectivity index (χ1n) is 11.2. The van der Waals surface area contributed by atoms with Crippen LogP contribution >= 0.6 is 0 Å². The Morgan fingerprint density at radius 1 is 1.09 bits per heavy atom. The lowest BCUT2D eigenvalue weighted by Gasteiger charge is -2.43. The molecule has 1 saturated carbocycles. The fraction of sp³-hybridized carbons (Fsp3) is 0.542. The van der Waals surface area contributed by atoms with Crippen molar-refractivity contribution in [1.29, 1.82) is 0 Å². The molecule has 0 amide bonds. The number of aliphatic hydroxyl groups is 5. The minimum Gasteiger partial charge on any atom is -0.472 e. The molecule has 4 aliphatic rings. The summed E-state index contributed by atoms with van der Waals surface area (Å²) < 4.78 is 28.2. The molecule has 0 aromatic rings. The van der Waals surface area contributed by atoms with Gasteiger partial charge in [-0.25, -0.2) is 4.79 Å². The molecule has 5 N–H and O–H groups in total. The van der Waals surface area contributed by atoms with Crippen LogP contribution in [0.4, 0.5) is 0 Å². The van der Waals surface area contributed by atoms with Gasteiger partial charge in [0.1, 0.15) is 42.2 Å². The van der Waals surface area contributed by atoms with Crippen molar-refractivity contribution >= 4 is 5.97 Å². The minimum absolute atomic E-state index is 0.406. The summed E-state index contributed by atoms with van der Waals surface area (Å²) in [5, 5.41) is 49.9. The van der Waals surface area contributed by atoms with Crippen molar-refractivity contribution in [2.45, 2.75) is 54.8 Å². The van der Waals surface area contributed by atoms with E-state index in [2.05, 4.69) is 13.2 Å². The fourth-order valence-corrected chi connectivity index (χ4v) is 4.95. The molecule has 0 bridgehead atoms. The number of epoxide rings is 1. The first-order chi connectivity index (χ1) is 16.8. The van der Waals surface area contributed by atoms with Gasteiger partial charge in [-0.1, -0.05) is 31.4 Å². The maximum atomic E-state index is 12.5. The average molecular weight is 494 g/mol. The van der Waals surface area contributed by atoms with E-state index in [1.54, 1.807) is 24.3 Å². The fourth-order valence-electron chi connectivity index (χ4n) is 4.95. The molecular formula is C24H30O11. The van der Waals surface area contributed by atoms with Gasteiger partial charge in [-0.2, -0.15) is 0 Å². The zero-order valence-electron chi connectivity index (χ0n) is 18.8. The van der Waals surface area contributed by atoms with E-state index in [1.165, 1.54) is 18.4 Å². The van der Waals surface area contributed by atoms with Gasteiger partial charge in [0.15, 0.2) is 6.29 Å². The summed E-state index contributed by atoms with van der Waals surface area (Å²) in [6.45, 7) is 6.23. The van der Waals surface area contributed by atoms with Crippen LogP contribution in [0.2, 0.25) is 0 Å². The van der Waals surface area contributed by atoms with Gasteiger partial charge in [-0.15, -0.1) is 0 Å². The molecule has 0 radical (unpaired) electrons.